The Balaban J connectivity index is 1.45. The van der Waals surface area contributed by atoms with Crippen molar-refractivity contribution in [3.05, 3.63) is 29.8 Å². The lowest BCUT2D eigenvalue weighted by Crippen LogP contribution is -2.47. The molecule has 0 radical (unpaired) electrons. The summed E-state index contributed by atoms with van der Waals surface area (Å²) in [5.74, 6) is 2.75. The molecular formula is C19H22N2O. The summed E-state index contributed by atoms with van der Waals surface area (Å²) in [6.45, 7) is 0. The third-order valence-corrected chi connectivity index (χ3v) is 5.98. The standard InChI is InChI=1S/C19H22N2O/c20-12-13-2-1-3-17(7-13)21-18(22)11-19-8-14-4-15(9-19)6-16(5-14)10-19/h1-3,7,14-16H,4-6,8-11H2,(H,21,22). The van der Waals surface area contributed by atoms with Crippen LogP contribution in [0.2, 0.25) is 0 Å². The Morgan fingerprint density at radius 2 is 1.82 bits per heavy atom. The number of anilines is 1. The van der Waals surface area contributed by atoms with Gasteiger partial charge in [-0.05, 0) is 79.9 Å². The summed E-state index contributed by atoms with van der Waals surface area (Å²) >= 11 is 0. The third-order valence-electron chi connectivity index (χ3n) is 5.98. The Morgan fingerprint density at radius 3 is 2.41 bits per heavy atom. The van der Waals surface area contributed by atoms with Crippen LogP contribution in [0.3, 0.4) is 0 Å². The number of carbonyl (C=O) groups is 1. The number of hydrogen-bond donors (Lipinski definition) is 1. The lowest BCUT2D eigenvalue weighted by molar-refractivity contribution is -0.124. The Hall–Kier alpha value is -1.82. The molecule has 0 spiro atoms. The number of benzene rings is 1. The highest BCUT2D eigenvalue weighted by Gasteiger charge is 2.51. The van der Waals surface area contributed by atoms with Gasteiger partial charge in [0.05, 0.1) is 11.6 Å². The van der Waals surface area contributed by atoms with Gasteiger partial charge in [-0.1, -0.05) is 6.07 Å². The number of hydrogen-bond acceptors (Lipinski definition) is 2. The lowest BCUT2D eigenvalue weighted by Gasteiger charge is -2.56. The van der Waals surface area contributed by atoms with E-state index in [2.05, 4.69) is 11.4 Å². The highest BCUT2D eigenvalue weighted by molar-refractivity contribution is 5.91. The summed E-state index contributed by atoms with van der Waals surface area (Å²) in [5, 5.41) is 11.9. The molecule has 0 heterocycles. The number of nitrogens with zero attached hydrogens (tertiary/aromatic N) is 1. The van der Waals surface area contributed by atoms with Crippen molar-refractivity contribution in [3.8, 4) is 6.07 Å². The van der Waals surface area contributed by atoms with Crippen LogP contribution >= 0.6 is 0 Å². The minimum absolute atomic E-state index is 0.122. The highest BCUT2D eigenvalue weighted by Crippen LogP contribution is 2.61. The molecule has 0 unspecified atom stereocenters. The summed E-state index contributed by atoms with van der Waals surface area (Å²) in [4.78, 5) is 12.5. The molecule has 4 saturated carbocycles. The molecule has 0 saturated heterocycles. The maximum absolute atomic E-state index is 12.5. The number of nitriles is 1. The molecule has 0 aromatic heterocycles. The van der Waals surface area contributed by atoms with Gasteiger partial charge in [0.15, 0.2) is 0 Å². The second-order valence-electron chi connectivity index (χ2n) is 7.84. The van der Waals surface area contributed by atoms with Gasteiger partial charge in [-0.2, -0.15) is 5.26 Å². The molecule has 114 valence electrons. The van der Waals surface area contributed by atoms with Gasteiger partial charge < -0.3 is 5.32 Å². The first-order chi connectivity index (χ1) is 10.6. The van der Waals surface area contributed by atoms with E-state index in [1.807, 2.05) is 12.1 Å². The Bertz CT molecular complexity index is 608. The van der Waals surface area contributed by atoms with Crippen LogP contribution in [0.5, 0.6) is 0 Å². The van der Waals surface area contributed by atoms with E-state index in [1.165, 1.54) is 38.5 Å². The fourth-order valence-electron chi connectivity index (χ4n) is 5.72. The zero-order chi connectivity index (χ0) is 15.2. The third kappa shape index (κ3) is 2.52. The zero-order valence-corrected chi connectivity index (χ0v) is 12.8. The molecule has 3 nitrogen and oxygen atoms in total. The first-order valence-electron chi connectivity index (χ1n) is 8.44. The molecule has 0 atom stereocenters. The summed E-state index contributed by atoms with van der Waals surface area (Å²) in [7, 11) is 0. The van der Waals surface area contributed by atoms with Crippen molar-refractivity contribution >= 4 is 11.6 Å². The number of nitrogens with one attached hydrogen (secondary N) is 1. The maximum Gasteiger partial charge on any atom is 0.224 e. The quantitative estimate of drug-likeness (QED) is 0.912. The summed E-state index contributed by atoms with van der Waals surface area (Å²) < 4.78 is 0. The van der Waals surface area contributed by atoms with Crippen molar-refractivity contribution in [2.24, 2.45) is 23.2 Å². The van der Waals surface area contributed by atoms with Crippen molar-refractivity contribution in [2.45, 2.75) is 44.9 Å². The van der Waals surface area contributed by atoms with Crippen molar-refractivity contribution in [3.63, 3.8) is 0 Å². The van der Waals surface area contributed by atoms with Gasteiger partial charge in [-0.15, -0.1) is 0 Å². The van der Waals surface area contributed by atoms with Crippen LogP contribution in [-0.4, -0.2) is 5.91 Å². The first-order valence-corrected chi connectivity index (χ1v) is 8.44. The van der Waals surface area contributed by atoms with Gasteiger partial charge in [0.25, 0.3) is 0 Å². The molecule has 1 N–H and O–H groups in total. The molecule has 4 fully saturated rings. The predicted octanol–water partition coefficient (Wildman–Crippen LogP) is 4.10. The van der Waals surface area contributed by atoms with Crippen LogP contribution in [0.4, 0.5) is 5.69 Å². The normalized spacial score (nSPS) is 35.1. The van der Waals surface area contributed by atoms with Crippen LogP contribution in [0.25, 0.3) is 0 Å². The Morgan fingerprint density at radius 1 is 1.18 bits per heavy atom. The molecule has 4 aliphatic rings. The lowest BCUT2D eigenvalue weighted by atomic mass is 9.49. The van der Waals surface area contributed by atoms with E-state index in [4.69, 9.17) is 5.26 Å². The number of rotatable bonds is 3. The summed E-state index contributed by atoms with van der Waals surface area (Å²) in [6.07, 6.45) is 8.65. The fourth-order valence-corrected chi connectivity index (χ4v) is 5.72. The van der Waals surface area contributed by atoms with Crippen LogP contribution in [0.1, 0.15) is 50.5 Å². The van der Waals surface area contributed by atoms with E-state index >= 15 is 0 Å². The van der Waals surface area contributed by atoms with Crippen molar-refractivity contribution in [1.29, 1.82) is 5.26 Å². The van der Waals surface area contributed by atoms with E-state index in [0.717, 1.165) is 23.4 Å². The van der Waals surface area contributed by atoms with Crippen LogP contribution in [0, 0.1) is 34.5 Å². The van der Waals surface area contributed by atoms with Gasteiger partial charge >= 0.3 is 0 Å². The molecule has 4 aliphatic carbocycles. The SMILES string of the molecule is N#Cc1cccc(NC(=O)CC23CC4CC(CC(C4)C2)C3)c1. The number of amides is 1. The maximum atomic E-state index is 12.5. The predicted molar refractivity (Wildman–Crippen MR) is 85.0 cm³/mol. The van der Waals surface area contributed by atoms with Crippen LogP contribution < -0.4 is 5.32 Å². The first kappa shape index (κ1) is 13.8. The molecule has 0 aliphatic heterocycles. The smallest absolute Gasteiger partial charge is 0.224 e. The molecule has 3 heteroatoms. The second kappa shape index (κ2) is 5.12. The largest absolute Gasteiger partial charge is 0.326 e. The molecule has 1 amide bonds. The molecule has 22 heavy (non-hydrogen) atoms. The highest BCUT2D eigenvalue weighted by atomic mass is 16.1. The molecule has 1 aromatic rings. The van der Waals surface area contributed by atoms with Crippen molar-refractivity contribution < 1.29 is 4.79 Å². The van der Waals surface area contributed by atoms with Crippen molar-refractivity contribution in [2.75, 3.05) is 5.32 Å². The van der Waals surface area contributed by atoms with E-state index in [9.17, 15) is 4.79 Å². The van der Waals surface area contributed by atoms with Crippen LogP contribution in [-0.2, 0) is 4.79 Å². The van der Waals surface area contributed by atoms with Gasteiger partial charge in [0.1, 0.15) is 0 Å². The van der Waals surface area contributed by atoms with Crippen molar-refractivity contribution in [1.82, 2.24) is 0 Å². The minimum Gasteiger partial charge on any atom is -0.326 e. The molecule has 5 rings (SSSR count). The molecular weight excluding hydrogens is 272 g/mol. The Kier molecular flexibility index (Phi) is 3.22. The number of carbonyl (C=O) groups excluding carboxylic acids is 1. The average molecular weight is 294 g/mol. The van der Waals surface area contributed by atoms with E-state index in [-0.39, 0.29) is 11.3 Å². The van der Waals surface area contributed by atoms with Gasteiger partial charge in [-0.3, -0.25) is 4.79 Å². The van der Waals surface area contributed by atoms with Gasteiger partial charge in [0, 0.05) is 12.1 Å². The summed E-state index contributed by atoms with van der Waals surface area (Å²) in [5.41, 5.74) is 1.60. The molecule has 4 bridgehead atoms. The van der Waals surface area contributed by atoms with Crippen LogP contribution in [0.15, 0.2) is 24.3 Å². The zero-order valence-electron chi connectivity index (χ0n) is 12.8. The topological polar surface area (TPSA) is 52.9 Å². The summed E-state index contributed by atoms with van der Waals surface area (Å²) in [6, 6.07) is 9.30. The van der Waals surface area contributed by atoms with E-state index in [0.29, 0.717) is 12.0 Å². The van der Waals surface area contributed by atoms with E-state index < -0.39 is 0 Å². The fraction of sp³-hybridized carbons (Fsp3) is 0.579. The monoisotopic (exact) mass is 294 g/mol. The average Bonchev–Trinajstić information content (AvgIpc) is 2.45. The second-order valence-corrected chi connectivity index (χ2v) is 7.84. The Labute approximate surface area is 131 Å². The van der Waals surface area contributed by atoms with Gasteiger partial charge in [-0.25, -0.2) is 0 Å². The van der Waals surface area contributed by atoms with Gasteiger partial charge in [0.2, 0.25) is 5.91 Å². The minimum atomic E-state index is 0.122. The molecule has 1 aromatic carbocycles. The van der Waals surface area contributed by atoms with E-state index in [1.54, 1.807) is 12.1 Å².